The van der Waals surface area contributed by atoms with Crippen molar-refractivity contribution in [2.75, 3.05) is 21.3 Å². The Morgan fingerprint density at radius 1 is 0.824 bits per heavy atom. The fourth-order valence-electron chi connectivity index (χ4n) is 5.12. The number of rotatable bonds is 5. The second-order valence-electron chi connectivity index (χ2n) is 10.0. The van der Waals surface area contributed by atoms with Crippen molar-refractivity contribution < 1.29 is 23.8 Å². The minimum absolute atomic E-state index is 0.0339. The average Bonchev–Trinajstić information content (AvgIpc) is 2.81. The van der Waals surface area contributed by atoms with Crippen LogP contribution in [0.15, 0.2) is 47.7 Å². The first-order valence-electron chi connectivity index (χ1n) is 11.6. The van der Waals surface area contributed by atoms with Crippen LogP contribution in [0.5, 0.6) is 17.2 Å². The summed E-state index contributed by atoms with van der Waals surface area (Å²) in [6.45, 7) is 6.55. The van der Waals surface area contributed by atoms with Gasteiger partial charge < -0.3 is 19.5 Å². The van der Waals surface area contributed by atoms with Gasteiger partial charge in [-0.2, -0.15) is 0 Å². The largest absolute Gasteiger partial charge is 0.493 e. The highest BCUT2D eigenvalue weighted by atomic mass is 16.5. The molecule has 0 saturated heterocycles. The highest BCUT2D eigenvalue weighted by molar-refractivity contribution is 6.02. The van der Waals surface area contributed by atoms with Crippen molar-refractivity contribution in [1.82, 2.24) is 5.32 Å². The monoisotopic (exact) mass is 463 g/mol. The van der Waals surface area contributed by atoms with Crippen LogP contribution in [0.1, 0.15) is 68.6 Å². The first-order chi connectivity index (χ1) is 16.2. The second-order valence-corrected chi connectivity index (χ2v) is 10.0. The summed E-state index contributed by atoms with van der Waals surface area (Å²) < 4.78 is 16.6. The Hall–Kier alpha value is -3.28. The standard InChI is InChI=1S/C28H33NO5/c1-28(2,3)18-9-7-16(8-10-18)17-13-21-25(22(30)14-17)20(15-24(31)29-21)19-11-12-23(32-4)27(34-6)26(19)33-5/h7-12,17,20H,13-15H2,1-6H3,(H,29,31). The van der Waals surface area contributed by atoms with Gasteiger partial charge in [-0.3, -0.25) is 9.59 Å². The number of allylic oxidation sites excluding steroid dienone is 2. The molecular weight excluding hydrogens is 430 g/mol. The molecule has 1 heterocycles. The lowest BCUT2D eigenvalue weighted by Gasteiger charge is -2.35. The first kappa shape index (κ1) is 23.9. The Morgan fingerprint density at radius 3 is 2.09 bits per heavy atom. The van der Waals surface area contributed by atoms with Gasteiger partial charge in [-0.25, -0.2) is 0 Å². The van der Waals surface area contributed by atoms with Crippen molar-refractivity contribution in [3.05, 3.63) is 64.4 Å². The van der Waals surface area contributed by atoms with E-state index in [2.05, 4.69) is 50.4 Å². The van der Waals surface area contributed by atoms with Crippen molar-refractivity contribution in [1.29, 1.82) is 0 Å². The molecule has 34 heavy (non-hydrogen) atoms. The predicted octanol–water partition coefficient (Wildman–Crippen LogP) is 5.01. The summed E-state index contributed by atoms with van der Waals surface area (Å²) in [4.78, 5) is 26.2. The molecule has 2 aromatic carbocycles. The number of carbonyl (C=O) groups excluding carboxylic acids is 2. The van der Waals surface area contributed by atoms with Crippen LogP contribution in [0.25, 0.3) is 0 Å². The molecule has 1 aliphatic heterocycles. The Kier molecular flexibility index (Phi) is 6.43. The van der Waals surface area contributed by atoms with Gasteiger partial charge in [-0.1, -0.05) is 51.1 Å². The molecule has 0 bridgehead atoms. The van der Waals surface area contributed by atoms with E-state index < -0.39 is 5.92 Å². The zero-order valence-corrected chi connectivity index (χ0v) is 20.8. The van der Waals surface area contributed by atoms with Gasteiger partial charge in [0.15, 0.2) is 17.3 Å². The molecule has 0 fully saturated rings. The number of benzene rings is 2. The summed E-state index contributed by atoms with van der Waals surface area (Å²) in [5, 5.41) is 3.00. The van der Waals surface area contributed by atoms with Crippen LogP contribution in [0.2, 0.25) is 0 Å². The van der Waals surface area contributed by atoms with Crippen LogP contribution in [0.3, 0.4) is 0 Å². The summed E-state index contributed by atoms with van der Waals surface area (Å²) in [5.74, 6) is 1.08. The van der Waals surface area contributed by atoms with E-state index in [1.165, 1.54) is 5.56 Å². The predicted molar refractivity (Wildman–Crippen MR) is 131 cm³/mol. The van der Waals surface area contributed by atoms with Crippen LogP contribution in [-0.2, 0) is 15.0 Å². The smallest absolute Gasteiger partial charge is 0.225 e. The van der Waals surface area contributed by atoms with E-state index in [1.807, 2.05) is 6.07 Å². The minimum atomic E-state index is -0.393. The number of ketones is 1. The van der Waals surface area contributed by atoms with Gasteiger partial charge in [0, 0.05) is 35.6 Å². The van der Waals surface area contributed by atoms with Crippen LogP contribution in [-0.4, -0.2) is 33.0 Å². The second kappa shape index (κ2) is 9.16. The molecule has 2 atom stereocenters. The molecule has 0 spiro atoms. The molecule has 2 unspecified atom stereocenters. The summed E-state index contributed by atoms with van der Waals surface area (Å²) in [7, 11) is 4.66. The van der Waals surface area contributed by atoms with Gasteiger partial charge in [-0.05, 0) is 34.9 Å². The van der Waals surface area contributed by atoms with Crippen LogP contribution >= 0.6 is 0 Å². The highest BCUT2D eigenvalue weighted by Gasteiger charge is 2.40. The van der Waals surface area contributed by atoms with E-state index in [1.54, 1.807) is 27.4 Å². The van der Waals surface area contributed by atoms with Crippen LogP contribution < -0.4 is 19.5 Å². The number of methoxy groups -OCH3 is 3. The summed E-state index contributed by atoms with van der Waals surface area (Å²) in [6.07, 6.45) is 1.21. The molecule has 2 aliphatic rings. The lowest BCUT2D eigenvalue weighted by Crippen LogP contribution is -2.38. The van der Waals surface area contributed by atoms with Crippen LogP contribution in [0, 0.1) is 0 Å². The average molecular weight is 464 g/mol. The number of hydrogen-bond acceptors (Lipinski definition) is 5. The van der Waals surface area contributed by atoms with Crippen molar-refractivity contribution in [3.8, 4) is 17.2 Å². The van der Waals surface area contributed by atoms with Gasteiger partial charge >= 0.3 is 0 Å². The molecule has 4 rings (SSSR count). The fraction of sp³-hybridized carbons (Fsp3) is 0.429. The summed E-state index contributed by atoms with van der Waals surface area (Å²) in [6, 6.07) is 12.2. The Morgan fingerprint density at radius 2 is 1.50 bits per heavy atom. The molecule has 0 aromatic heterocycles. The lowest BCUT2D eigenvalue weighted by atomic mass is 9.73. The maximum absolute atomic E-state index is 13.5. The van der Waals surface area contributed by atoms with E-state index in [-0.39, 0.29) is 29.4 Å². The number of carbonyl (C=O) groups is 2. The molecule has 1 amide bonds. The maximum Gasteiger partial charge on any atom is 0.225 e. The SMILES string of the molecule is COc1ccc(C2CC(=O)NC3=C2C(=O)CC(c2ccc(C(C)(C)C)cc2)C3)c(OC)c1OC. The number of ether oxygens (including phenoxy) is 3. The third-order valence-electron chi connectivity index (χ3n) is 6.89. The normalized spacial score (nSPS) is 20.5. The third-order valence-corrected chi connectivity index (χ3v) is 6.89. The van der Waals surface area contributed by atoms with Crippen molar-refractivity contribution in [2.24, 2.45) is 0 Å². The molecule has 0 saturated carbocycles. The summed E-state index contributed by atoms with van der Waals surface area (Å²) in [5.41, 5.74) is 4.59. The van der Waals surface area contributed by atoms with Crippen LogP contribution in [0.4, 0.5) is 0 Å². The van der Waals surface area contributed by atoms with Crippen molar-refractivity contribution in [3.63, 3.8) is 0 Å². The molecule has 2 aromatic rings. The van der Waals surface area contributed by atoms with E-state index in [4.69, 9.17) is 14.2 Å². The van der Waals surface area contributed by atoms with E-state index in [0.29, 0.717) is 35.7 Å². The zero-order chi connectivity index (χ0) is 24.6. The topological polar surface area (TPSA) is 73.9 Å². The quantitative estimate of drug-likeness (QED) is 0.674. The Bertz CT molecular complexity index is 1140. The van der Waals surface area contributed by atoms with Gasteiger partial charge in [0.25, 0.3) is 0 Å². The van der Waals surface area contributed by atoms with Crippen molar-refractivity contribution >= 4 is 11.7 Å². The van der Waals surface area contributed by atoms with Gasteiger partial charge in [0.2, 0.25) is 11.7 Å². The molecule has 1 N–H and O–H groups in total. The molecular formula is C28H33NO5. The Balaban J connectivity index is 1.72. The van der Waals surface area contributed by atoms with Gasteiger partial charge in [-0.15, -0.1) is 0 Å². The number of hydrogen-bond donors (Lipinski definition) is 1. The number of Topliss-reactive ketones (excluding diaryl/α,β-unsaturated/α-hetero) is 1. The van der Waals surface area contributed by atoms with Gasteiger partial charge in [0.05, 0.1) is 21.3 Å². The third kappa shape index (κ3) is 4.29. The lowest BCUT2D eigenvalue weighted by molar-refractivity contribution is -0.122. The number of nitrogens with one attached hydrogen (secondary N) is 1. The molecule has 0 radical (unpaired) electrons. The minimum Gasteiger partial charge on any atom is -0.493 e. The van der Waals surface area contributed by atoms with E-state index in [9.17, 15) is 9.59 Å². The zero-order valence-electron chi connectivity index (χ0n) is 20.8. The molecule has 180 valence electrons. The first-order valence-corrected chi connectivity index (χ1v) is 11.6. The van der Waals surface area contributed by atoms with E-state index >= 15 is 0 Å². The molecule has 1 aliphatic carbocycles. The van der Waals surface area contributed by atoms with E-state index in [0.717, 1.165) is 16.8 Å². The summed E-state index contributed by atoms with van der Waals surface area (Å²) >= 11 is 0. The fourth-order valence-corrected chi connectivity index (χ4v) is 5.12. The maximum atomic E-state index is 13.5. The highest BCUT2D eigenvalue weighted by Crippen LogP contribution is 2.49. The number of amides is 1. The Labute approximate surface area is 201 Å². The van der Waals surface area contributed by atoms with Crippen molar-refractivity contribution in [2.45, 2.75) is 57.3 Å². The van der Waals surface area contributed by atoms with Gasteiger partial charge in [0.1, 0.15) is 0 Å². The molecule has 6 nitrogen and oxygen atoms in total. The molecule has 6 heteroatoms.